The van der Waals surface area contributed by atoms with Gasteiger partial charge in [-0.25, -0.2) is 4.39 Å². The number of hydrogen-bond acceptors (Lipinski definition) is 2. The summed E-state index contributed by atoms with van der Waals surface area (Å²) in [6.07, 6.45) is 0.510. The topological polar surface area (TPSA) is 49.4 Å². The highest BCUT2D eigenvalue weighted by molar-refractivity contribution is 5.97. The van der Waals surface area contributed by atoms with Gasteiger partial charge in [-0.3, -0.25) is 9.59 Å². The Hall–Kier alpha value is -1.91. The minimum Gasteiger partial charge on any atom is -0.347 e. The second-order valence-electron chi connectivity index (χ2n) is 5.82. The number of aryl methyl sites for hydroxylation is 1. The summed E-state index contributed by atoms with van der Waals surface area (Å²) in [6.45, 7) is 5.54. The second-order valence-corrected chi connectivity index (χ2v) is 5.82. The largest absolute Gasteiger partial charge is 0.347 e. The number of carbonyl (C=O) groups is 2. The standard InChI is InChI=1S/C16H23FN2O2/c1-10(2)9-13(16(21)19(4)5)18-15(20)12-8-6-7-11(3)14(12)17/h6-8,10,13H,9H2,1-5H3,(H,18,20). The second kappa shape index (κ2) is 7.20. The molecule has 0 saturated heterocycles. The van der Waals surface area contributed by atoms with Crippen LogP contribution in [0, 0.1) is 18.7 Å². The average molecular weight is 294 g/mol. The van der Waals surface area contributed by atoms with E-state index in [4.69, 9.17) is 0 Å². The summed E-state index contributed by atoms with van der Waals surface area (Å²) in [6, 6.07) is 4.00. The number of hydrogen-bond donors (Lipinski definition) is 1. The Morgan fingerprint density at radius 2 is 1.90 bits per heavy atom. The molecule has 0 aliphatic rings. The van der Waals surface area contributed by atoms with Crippen LogP contribution in [0.5, 0.6) is 0 Å². The van der Waals surface area contributed by atoms with E-state index in [2.05, 4.69) is 5.32 Å². The van der Waals surface area contributed by atoms with Gasteiger partial charge in [0.25, 0.3) is 5.91 Å². The van der Waals surface area contributed by atoms with Crippen LogP contribution in [0.25, 0.3) is 0 Å². The minimum atomic E-state index is -0.646. The minimum absolute atomic E-state index is 0.0321. The van der Waals surface area contributed by atoms with Gasteiger partial charge < -0.3 is 10.2 Å². The molecule has 1 unspecified atom stereocenters. The molecule has 1 atom stereocenters. The molecule has 0 spiro atoms. The van der Waals surface area contributed by atoms with Gasteiger partial charge in [0, 0.05) is 14.1 Å². The molecule has 0 heterocycles. The molecular formula is C16H23FN2O2. The van der Waals surface area contributed by atoms with E-state index in [1.807, 2.05) is 13.8 Å². The van der Waals surface area contributed by atoms with E-state index < -0.39 is 17.8 Å². The lowest BCUT2D eigenvalue weighted by Gasteiger charge is -2.23. The first kappa shape index (κ1) is 17.1. The number of rotatable bonds is 5. The summed E-state index contributed by atoms with van der Waals surface area (Å²) in [4.78, 5) is 25.8. The Morgan fingerprint density at radius 3 is 2.43 bits per heavy atom. The van der Waals surface area contributed by atoms with Crippen molar-refractivity contribution in [1.29, 1.82) is 0 Å². The molecule has 4 nitrogen and oxygen atoms in total. The monoisotopic (exact) mass is 294 g/mol. The van der Waals surface area contributed by atoms with Gasteiger partial charge in [-0.1, -0.05) is 26.0 Å². The van der Waals surface area contributed by atoms with E-state index in [0.717, 1.165) is 0 Å². The fourth-order valence-corrected chi connectivity index (χ4v) is 2.06. The SMILES string of the molecule is Cc1cccc(C(=O)NC(CC(C)C)C(=O)N(C)C)c1F. The predicted molar refractivity (Wildman–Crippen MR) is 80.5 cm³/mol. The quantitative estimate of drug-likeness (QED) is 0.906. The summed E-state index contributed by atoms with van der Waals surface area (Å²) in [5.74, 6) is -1.06. The van der Waals surface area contributed by atoms with E-state index >= 15 is 0 Å². The summed E-state index contributed by atoms with van der Waals surface area (Å²) in [7, 11) is 3.27. The molecule has 0 saturated carbocycles. The normalized spacial score (nSPS) is 12.1. The number of carbonyl (C=O) groups excluding carboxylic acids is 2. The highest BCUT2D eigenvalue weighted by Gasteiger charge is 2.25. The molecule has 0 aliphatic heterocycles. The van der Waals surface area contributed by atoms with Crippen molar-refractivity contribution in [2.75, 3.05) is 14.1 Å². The molecule has 5 heteroatoms. The number of nitrogens with zero attached hydrogens (tertiary/aromatic N) is 1. The van der Waals surface area contributed by atoms with Crippen LogP contribution in [-0.4, -0.2) is 36.9 Å². The molecule has 1 aromatic carbocycles. The summed E-state index contributed by atoms with van der Waals surface area (Å²) in [5, 5.41) is 2.64. The number of likely N-dealkylation sites (N-methyl/N-ethyl adjacent to an activating group) is 1. The predicted octanol–water partition coefficient (Wildman–Crippen LogP) is 2.37. The molecule has 2 amide bonds. The third kappa shape index (κ3) is 4.55. The van der Waals surface area contributed by atoms with E-state index in [1.54, 1.807) is 33.2 Å². The summed E-state index contributed by atoms with van der Waals surface area (Å²) < 4.78 is 14.0. The Bertz CT molecular complexity index is 527. The zero-order valence-corrected chi connectivity index (χ0v) is 13.2. The Morgan fingerprint density at radius 1 is 1.29 bits per heavy atom. The van der Waals surface area contributed by atoms with Crippen molar-refractivity contribution in [2.45, 2.75) is 33.2 Å². The highest BCUT2D eigenvalue weighted by atomic mass is 19.1. The van der Waals surface area contributed by atoms with Crippen molar-refractivity contribution in [3.05, 3.63) is 35.1 Å². The fraction of sp³-hybridized carbons (Fsp3) is 0.500. The molecule has 0 aromatic heterocycles. The lowest BCUT2D eigenvalue weighted by atomic mass is 10.0. The van der Waals surface area contributed by atoms with Crippen LogP contribution in [0.3, 0.4) is 0 Å². The van der Waals surface area contributed by atoms with Gasteiger partial charge in [0.15, 0.2) is 0 Å². The highest BCUT2D eigenvalue weighted by Crippen LogP contribution is 2.13. The lowest BCUT2D eigenvalue weighted by molar-refractivity contribution is -0.131. The molecular weight excluding hydrogens is 271 g/mol. The maximum absolute atomic E-state index is 14.0. The Labute approximate surface area is 125 Å². The van der Waals surface area contributed by atoms with Gasteiger partial charge in [-0.2, -0.15) is 0 Å². The van der Waals surface area contributed by atoms with Gasteiger partial charge in [-0.05, 0) is 30.9 Å². The zero-order valence-electron chi connectivity index (χ0n) is 13.2. The third-order valence-electron chi connectivity index (χ3n) is 3.19. The van der Waals surface area contributed by atoms with Crippen LogP contribution in [0.4, 0.5) is 4.39 Å². The van der Waals surface area contributed by atoms with Gasteiger partial charge in [-0.15, -0.1) is 0 Å². The average Bonchev–Trinajstić information content (AvgIpc) is 2.39. The van der Waals surface area contributed by atoms with Crippen LogP contribution < -0.4 is 5.32 Å². The first-order valence-corrected chi connectivity index (χ1v) is 7.01. The van der Waals surface area contributed by atoms with Crippen LogP contribution in [0.2, 0.25) is 0 Å². The summed E-state index contributed by atoms with van der Waals surface area (Å²) in [5.41, 5.74) is 0.373. The lowest BCUT2D eigenvalue weighted by Crippen LogP contribution is -2.47. The van der Waals surface area contributed by atoms with E-state index in [-0.39, 0.29) is 17.4 Å². The molecule has 1 rings (SSSR count). The van der Waals surface area contributed by atoms with Crippen molar-refractivity contribution in [2.24, 2.45) is 5.92 Å². The van der Waals surface area contributed by atoms with Gasteiger partial charge in [0.2, 0.25) is 5.91 Å². The van der Waals surface area contributed by atoms with Crippen molar-refractivity contribution in [1.82, 2.24) is 10.2 Å². The smallest absolute Gasteiger partial charge is 0.254 e. The maximum Gasteiger partial charge on any atom is 0.254 e. The molecule has 0 aliphatic carbocycles. The summed E-state index contributed by atoms with van der Waals surface area (Å²) >= 11 is 0. The van der Waals surface area contributed by atoms with Crippen molar-refractivity contribution in [3.63, 3.8) is 0 Å². The van der Waals surface area contributed by atoms with Crippen molar-refractivity contribution in [3.8, 4) is 0 Å². The van der Waals surface area contributed by atoms with Crippen LogP contribution in [0.15, 0.2) is 18.2 Å². The van der Waals surface area contributed by atoms with Crippen molar-refractivity contribution >= 4 is 11.8 Å². The third-order valence-corrected chi connectivity index (χ3v) is 3.19. The molecule has 0 radical (unpaired) electrons. The maximum atomic E-state index is 14.0. The molecule has 0 bridgehead atoms. The fourth-order valence-electron chi connectivity index (χ4n) is 2.06. The van der Waals surface area contributed by atoms with Crippen LogP contribution in [0.1, 0.15) is 36.2 Å². The number of halogens is 1. The van der Waals surface area contributed by atoms with Gasteiger partial charge in [0.05, 0.1) is 5.56 Å². The van der Waals surface area contributed by atoms with Crippen LogP contribution >= 0.6 is 0 Å². The Balaban J connectivity index is 2.95. The first-order chi connectivity index (χ1) is 9.73. The molecule has 21 heavy (non-hydrogen) atoms. The van der Waals surface area contributed by atoms with E-state index in [9.17, 15) is 14.0 Å². The number of amides is 2. The number of benzene rings is 1. The van der Waals surface area contributed by atoms with Gasteiger partial charge in [0.1, 0.15) is 11.9 Å². The molecule has 116 valence electrons. The van der Waals surface area contributed by atoms with E-state index in [0.29, 0.717) is 12.0 Å². The molecule has 1 aromatic rings. The first-order valence-electron chi connectivity index (χ1n) is 7.01. The van der Waals surface area contributed by atoms with Gasteiger partial charge >= 0.3 is 0 Å². The molecule has 0 fully saturated rings. The Kier molecular flexibility index (Phi) is 5.88. The number of nitrogens with one attached hydrogen (secondary N) is 1. The van der Waals surface area contributed by atoms with E-state index in [1.165, 1.54) is 11.0 Å². The molecule has 1 N–H and O–H groups in total. The zero-order chi connectivity index (χ0) is 16.2. The van der Waals surface area contributed by atoms with Crippen molar-refractivity contribution < 1.29 is 14.0 Å². The van der Waals surface area contributed by atoms with Crippen LogP contribution in [-0.2, 0) is 4.79 Å².